The molecule has 2 atom stereocenters. The molecule has 20 heavy (non-hydrogen) atoms. The topological polar surface area (TPSA) is 50.5 Å². The molecular weight excluding hydrogens is 272 g/mol. The average Bonchev–Trinajstić information content (AvgIpc) is 2.70. The molecule has 0 aliphatic carbocycles. The normalized spacial score (nSPS) is 24.4. The molecule has 0 N–H and O–H groups in total. The van der Waals surface area contributed by atoms with E-state index in [1.165, 1.54) is 28.3 Å². The lowest BCUT2D eigenvalue weighted by Gasteiger charge is -2.34. The largest absolute Gasteiger partial charge is 0.296 e. The van der Waals surface area contributed by atoms with E-state index in [4.69, 9.17) is 0 Å². The summed E-state index contributed by atoms with van der Waals surface area (Å²) in [6.07, 6.45) is 1.30. The van der Waals surface area contributed by atoms with Crippen LogP contribution in [-0.2, 0) is 6.54 Å². The summed E-state index contributed by atoms with van der Waals surface area (Å²) in [7, 11) is 0. The summed E-state index contributed by atoms with van der Waals surface area (Å²) in [5.41, 5.74) is 0.667. The minimum absolute atomic E-state index is 0.0876. The van der Waals surface area contributed by atoms with Gasteiger partial charge in [0.2, 0.25) is 4.96 Å². The molecular formula is C14H20N4OS. The summed E-state index contributed by atoms with van der Waals surface area (Å²) in [6.45, 7) is 9.49. The Labute approximate surface area is 122 Å². The predicted molar refractivity (Wildman–Crippen MR) is 80.1 cm³/mol. The number of likely N-dealkylation sites (tertiary alicyclic amines) is 1. The summed E-state index contributed by atoms with van der Waals surface area (Å²) < 4.78 is 1.42. The van der Waals surface area contributed by atoms with E-state index < -0.39 is 0 Å². The second-order valence-electron chi connectivity index (χ2n) is 6.07. The molecule has 1 fully saturated rings. The third-order valence-electron chi connectivity index (χ3n) is 3.72. The van der Waals surface area contributed by atoms with E-state index in [-0.39, 0.29) is 5.56 Å². The Balaban J connectivity index is 1.84. The van der Waals surface area contributed by atoms with Crippen molar-refractivity contribution in [1.82, 2.24) is 19.5 Å². The van der Waals surface area contributed by atoms with Gasteiger partial charge in [-0.25, -0.2) is 4.98 Å². The van der Waals surface area contributed by atoms with Gasteiger partial charge in [0.05, 0.1) is 6.54 Å². The van der Waals surface area contributed by atoms with Crippen LogP contribution in [0.15, 0.2) is 10.9 Å². The Morgan fingerprint density at radius 3 is 2.75 bits per heavy atom. The second kappa shape index (κ2) is 5.26. The first-order valence-electron chi connectivity index (χ1n) is 7.10. The van der Waals surface area contributed by atoms with Crippen LogP contribution in [0.2, 0.25) is 0 Å². The quantitative estimate of drug-likeness (QED) is 0.849. The molecule has 0 amide bonds. The average molecular weight is 292 g/mol. The minimum Gasteiger partial charge on any atom is -0.296 e. The smallest absolute Gasteiger partial charge is 0.275 e. The van der Waals surface area contributed by atoms with Crippen molar-refractivity contribution in [3.63, 3.8) is 0 Å². The second-order valence-corrected chi connectivity index (χ2v) is 7.11. The number of hydrogen-bond donors (Lipinski definition) is 0. The molecule has 1 saturated heterocycles. The van der Waals surface area contributed by atoms with Crippen LogP contribution < -0.4 is 5.56 Å². The van der Waals surface area contributed by atoms with Gasteiger partial charge in [-0.05, 0) is 25.2 Å². The molecule has 108 valence electrons. The number of aromatic nitrogens is 3. The number of rotatable bonds is 2. The third kappa shape index (κ3) is 2.76. The molecule has 3 rings (SSSR count). The maximum Gasteiger partial charge on any atom is 0.275 e. The Kier molecular flexibility index (Phi) is 3.60. The molecule has 0 unspecified atom stereocenters. The van der Waals surface area contributed by atoms with Gasteiger partial charge in [-0.1, -0.05) is 25.2 Å². The van der Waals surface area contributed by atoms with Gasteiger partial charge in [-0.15, -0.1) is 0 Å². The number of hydrogen-bond acceptors (Lipinski definition) is 5. The molecule has 2 aromatic rings. The van der Waals surface area contributed by atoms with Gasteiger partial charge in [0.15, 0.2) is 0 Å². The highest BCUT2D eigenvalue weighted by Crippen LogP contribution is 2.23. The zero-order chi connectivity index (χ0) is 14.3. The van der Waals surface area contributed by atoms with Crippen molar-refractivity contribution in [2.45, 2.75) is 33.7 Å². The molecule has 0 aromatic carbocycles. The van der Waals surface area contributed by atoms with Gasteiger partial charge >= 0.3 is 0 Å². The maximum atomic E-state index is 11.9. The van der Waals surface area contributed by atoms with E-state index in [0.717, 1.165) is 42.2 Å². The molecule has 1 aliphatic heterocycles. The van der Waals surface area contributed by atoms with Crippen LogP contribution >= 0.6 is 11.3 Å². The molecule has 6 heteroatoms. The fourth-order valence-corrected chi connectivity index (χ4v) is 4.12. The van der Waals surface area contributed by atoms with Crippen molar-refractivity contribution < 1.29 is 0 Å². The van der Waals surface area contributed by atoms with Gasteiger partial charge < -0.3 is 0 Å². The van der Waals surface area contributed by atoms with Crippen molar-refractivity contribution in [1.29, 1.82) is 0 Å². The highest BCUT2D eigenvalue weighted by atomic mass is 32.1. The Hall–Kier alpha value is -1.27. The first-order valence-corrected chi connectivity index (χ1v) is 7.91. The third-order valence-corrected chi connectivity index (χ3v) is 4.61. The first-order chi connectivity index (χ1) is 9.51. The van der Waals surface area contributed by atoms with E-state index in [2.05, 4.69) is 28.8 Å². The van der Waals surface area contributed by atoms with Gasteiger partial charge in [0, 0.05) is 24.8 Å². The first kappa shape index (κ1) is 13.7. The Morgan fingerprint density at radius 1 is 1.35 bits per heavy atom. The zero-order valence-corrected chi connectivity index (χ0v) is 13.0. The highest BCUT2D eigenvalue weighted by Gasteiger charge is 2.22. The summed E-state index contributed by atoms with van der Waals surface area (Å²) in [5, 5.41) is 5.39. The summed E-state index contributed by atoms with van der Waals surface area (Å²) in [4.78, 5) is 19.4. The SMILES string of the molecule is Cc1cc(=O)n2nc(CN3C[C@@H](C)C[C@H](C)C3)sc2n1. The molecule has 2 aromatic heterocycles. The minimum atomic E-state index is -0.0876. The Morgan fingerprint density at radius 2 is 2.05 bits per heavy atom. The zero-order valence-electron chi connectivity index (χ0n) is 12.2. The molecule has 0 saturated carbocycles. The van der Waals surface area contributed by atoms with Crippen molar-refractivity contribution >= 4 is 16.3 Å². The predicted octanol–water partition coefficient (Wildman–Crippen LogP) is 1.94. The van der Waals surface area contributed by atoms with Gasteiger partial charge in [-0.2, -0.15) is 9.61 Å². The maximum absolute atomic E-state index is 11.9. The molecule has 0 bridgehead atoms. The lowest BCUT2D eigenvalue weighted by molar-refractivity contribution is 0.134. The monoisotopic (exact) mass is 292 g/mol. The fraction of sp³-hybridized carbons (Fsp3) is 0.643. The molecule has 1 aliphatic rings. The number of aryl methyl sites for hydroxylation is 1. The van der Waals surface area contributed by atoms with E-state index >= 15 is 0 Å². The van der Waals surface area contributed by atoms with Gasteiger partial charge in [0.1, 0.15) is 5.01 Å². The van der Waals surface area contributed by atoms with Crippen LogP contribution in [0.1, 0.15) is 31.0 Å². The van der Waals surface area contributed by atoms with E-state index in [9.17, 15) is 4.79 Å². The number of nitrogens with zero attached hydrogens (tertiary/aromatic N) is 4. The summed E-state index contributed by atoms with van der Waals surface area (Å²) >= 11 is 1.52. The van der Waals surface area contributed by atoms with Crippen LogP contribution in [-0.4, -0.2) is 32.6 Å². The van der Waals surface area contributed by atoms with Crippen molar-refractivity contribution in [2.24, 2.45) is 11.8 Å². The van der Waals surface area contributed by atoms with E-state index in [0.29, 0.717) is 4.96 Å². The van der Waals surface area contributed by atoms with Crippen LogP contribution in [0.3, 0.4) is 0 Å². The van der Waals surface area contributed by atoms with E-state index in [1.54, 1.807) is 0 Å². The van der Waals surface area contributed by atoms with Crippen LogP contribution in [0.4, 0.5) is 0 Å². The number of fused-ring (bicyclic) bond motifs is 1. The van der Waals surface area contributed by atoms with Crippen LogP contribution in [0.25, 0.3) is 4.96 Å². The van der Waals surface area contributed by atoms with Crippen molar-refractivity contribution in [3.05, 3.63) is 27.1 Å². The summed E-state index contributed by atoms with van der Waals surface area (Å²) in [6, 6.07) is 1.53. The summed E-state index contributed by atoms with van der Waals surface area (Å²) in [5.74, 6) is 1.47. The molecule has 0 spiro atoms. The lowest BCUT2D eigenvalue weighted by atomic mass is 9.92. The highest BCUT2D eigenvalue weighted by molar-refractivity contribution is 7.16. The van der Waals surface area contributed by atoms with E-state index in [1.807, 2.05) is 6.92 Å². The van der Waals surface area contributed by atoms with Gasteiger partial charge in [0.25, 0.3) is 5.56 Å². The van der Waals surface area contributed by atoms with Crippen molar-refractivity contribution in [2.75, 3.05) is 13.1 Å². The Bertz CT molecular complexity index is 667. The fourth-order valence-electron chi connectivity index (χ4n) is 3.14. The van der Waals surface area contributed by atoms with Crippen LogP contribution in [0.5, 0.6) is 0 Å². The van der Waals surface area contributed by atoms with Gasteiger partial charge in [-0.3, -0.25) is 9.69 Å². The molecule has 3 heterocycles. The molecule has 5 nitrogen and oxygen atoms in total. The number of piperidine rings is 1. The lowest BCUT2D eigenvalue weighted by Crippen LogP contribution is -2.38. The molecule has 0 radical (unpaired) electrons. The standard InChI is InChI=1S/C14H20N4OS/c1-9-4-10(2)7-17(6-9)8-12-16-18-13(19)5-11(3)15-14(18)20-12/h5,9-10H,4,6-8H2,1-3H3/t9-,10-/m0/s1. The van der Waals surface area contributed by atoms with Crippen molar-refractivity contribution in [3.8, 4) is 0 Å². The van der Waals surface area contributed by atoms with Crippen LogP contribution in [0, 0.1) is 18.8 Å².